The summed E-state index contributed by atoms with van der Waals surface area (Å²) in [6.07, 6.45) is 8.56. The summed E-state index contributed by atoms with van der Waals surface area (Å²) in [6.45, 7) is 2.02. The lowest BCUT2D eigenvalue weighted by molar-refractivity contribution is -0.134. The molecule has 0 atom stereocenters. The number of halogens is 1. The highest BCUT2D eigenvalue weighted by Gasteiger charge is 2.10. The first-order valence-corrected chi connectivity index (χ1v) is 10.7. The quantitative estimate of drug-likeness (QED) is 0.358. The van der Waals surface area contributed by atoms with Gasteiger partial charge >= 0.3 is 5.97 Å². The van der Waals surface area contributed by atoms with Crippen LogP contribution in [0.3, 0.4) is 0 Å². The van der Waals surface area contributed by atoms with E-state index in [-0.39, 0.29) is 12.4 Å². The van der Waals surface area contributed by atoms with Crippen LogP contribution in [0.4, 0.5) is 10.2 Å². The molecule has 4 nitrogen and oxygen atoms in total. The number of pyridine rings is 1. The lowest BCUT2D eigenvalue weighted by atomic mass is 9.97. The summed E-state index contributed by atoms with van der Waals surface area (Å²) in [5.41, 5.74) is 3.84. The van der Waals surface area contributed by atoms with Crippen LogP contribution in [0.5, 0.6) is 0 Å². The smallest absolute Gasteiger partial charge is 0.322 e. The van der Waals surface area contributed by atoms with Gasteiger partial charge in [-0.25, -0.2) is 9.37 Å². The first-order chi connectivity index (χ1) is 14.6. The number of hydrogen-bond acceptors (Lipinski definition) is 3. The molecule has 0 spiro atoms. The van der Waals surface area contributed by atoms with Crippen LogP contribution in [0, 0.1) is 5.82 Å². The minimum Gasteiger partial charge on any atom is -0.480 e. The average Bonchev–Trinajstić information content (AvgIpc) is 2.75. The van der Waals surface area contributed by atoms with Crippen molar-refractivity contribution in [1.29, 1.82) is 0 Å². The predicted octanol–water partition coefficient (Wildman–Crippen LogP) is 6.44. The standard InChI is InChI=1S/C25H29FN2O2/c1-2-3-4-5-6-7-8-18-9-14-23-22(15-18)21(19-10-12-20(26)13-11-19)16-24(28-23)27-17-25(29)30/h9-16H,2-8,17H2,1H3,(H,27,28)(H,29,30). The van der Waals surface area contributed by atoms with Gasteiger partial charge in [0.2, 0.25) is 0 Å². The van der Waals surface area contributed by atoms with Crippen LogP contribution in [-0.2, 0) is 11.2 Å². The molecule has 0 bridgehead atoms. The Balaban J connectivity index is 1.87. The molecule has 2 N–H and O–H groups in total. The van der Waals surface area contributed by atoms with Gasteiger partial charge in [-0.3, -0.25) is 4.79 Å². The molecule has 3 aromatic rings. The first kappa shape index (κ1) is 21.8. The number of fused-ring (bicyclic) bond motifs is 1. The van der Waals surface area contributed by atoms with Gasteiger partial charge < -0.3 is 10.4 Å². The first-order valence-electron chi connectivity index (χ1n) is 10.7. The van der Waals surface area contributed by atoms with Crippen molar-refractivity contribution in [2.24, 2.45) is 0 Å². The molecular formula is C25H29FN2O2. The number of hydrogen-bond donors (Lipinski definition) is 2. The van der Waals surface area contributed by atoms with Crippen molar-refractivity contribution in [2.45, 2.75) is 51.9 Å². The zero-order chi connectivity index (χ0) is 21.3. The van der Waals surface area contributed by atoms with Crippen molar-refractivity contribution in [3.8, 4) is 11.1 Å². The lowest BCUT2D eigenvalue weighted by Crippen LogP contribution is -2.13. The number of nitrogens with one attached hydrogen (secondary N) is 1. The van der Waals surface area contributed by atoms with E-state index < -0.39 is 5.97 Å². The van der Waals surface area contributed by atoms with Crippen LogP contribution in [0.1, 0.15) is 51.0 Å². The molecule has 158 valence electrons. The average molecular weight is 409 g/mol. The zero-order valence-electron chi connectivity index (χ0n) is 17.5. The van der Waals surface area contributed by atoms with Gasteiger partial charge in [-0.05, 0) is 59.9 Å². The molecule has 0 aliphatic carbocycles. The number of carboxylic acids is 1. The number of rotatable bonds is 11. The van der Waals surface area contributed by atoms with Crippen molar-refractivity contribution in [3.05, 3.63) is 59.9 Å². The molecule has 30 heavy (non-hydrogen) atoms. The summed E-state index contributed by atoms with van der Waals surface area (Å²) in [6, 6.07) is 14.4. The van der Waals surface area contributed by atoms with Gasteiger partial charge in [0, 0.05) is 5.39 Å². The Labute approximate surface area is 177 Å². The molecule has 0 unspecified atom stereocenters. The van der Waals surface area contributed by atoms with Crippen LogP contribution in [0.2, 0.25) is 0 Å². The van der Waals surface area contributed by atoms with E-state index in [2.05, 4.69) is 29.4 Å². The second-order valence-corrected chi connectivity index (χ2v) is 7.68. The van der Waals surface area contributed by atoms with Crippen molar-refractivity contribution in [1.82, 2.24) is 4.98 Å². The van der Waals surface area contributed by atoms with E-state index >= 15 is 0 Å². The minimum absolute atomic E-state index is 0.211. The number of aryl methyl sites for hydroxylation is 1. The normalized spacial score (nSPS) is 11.0. The van der Waals surface area contributed by atoms with Gasteiger partial charge in [-0.15, -0.1) is 0 Å². The fraction of sp³-hybridized carbons (Fsp3) is 0.360. The highest BCUT2D eigenvalue weighted by Crippen LogP contribution is 2.31. The number of aliphatic carboxylic acids is 1. The van der Waals surface area contributed by atoms with E-state index in [1.54, 1.807) is 12.1 Å². The van der Waals surface area contributed by atoms with Crippen LogP contribution in [0.15, 0.2) is 48.5 Å². The summed E-state index contributed by atoms with van der Waals surface area (Å²) in [5, 5.41) is 12.8. The largest absolute Gasteiger partial charge is 0.480 e. The van der Waals surface area contributed by atoms with E-state index in [0.29, 0.717) is 5.82 Å². The molecule has 3 rings (SSSR count). The third-order valence-corrected chi connectivity index (χ3v) is 5.27. The van der Waals surface area contributed by atoms with E-state index in [4.69, 9.17) is 5.11 Å². The fourth-order valence-corrected chi connectivity index (χ4v) is 3.66. The third-order valence-electron chi connectivity index (χ3n) is 5.27. The summed E-state index contributed by atoms with van der Waals surface area (Å²) >= 11 is 0. The third kappa shape index (κ3) is 6.02. The second kappa shape index (κ2) is 10.7. The maximum atomic E-state index is 13.4. The highest BCUT2D eigenvalue weighted by atomic mass is 19.1. The number of anilines is 1. The molecule has 0 saturated carbocycles. The Morgan fingerprint density at radius 2 is 1.73 bits per heavy atom. The number of aromatic nitrogens is 1. The maximum absolute atomic E-state index is 13.4. The van der Waals surface area contributed by atoms with Crippen LogP contribution < -0.4 is 5.32 Å². The molecule has 2 aromatic carbocycles. The molecule has 0 amide bonds. The van der Waals surface area contributed by atoms with Gasteiger partial charge in [0.15, 0.2) is 0 Å². The fourth-order valence-electron chi connectivity index (χ4n) is 3.66. The Bertz CT molecular complexity index is 986. The molecule has 5 heteroatoms. The summed E-state index contributed by atoms with van der Waals surface area (Å²) < 4.78 is 13.4. The number of carbonyl (C=O) groups is 1. The van der Waals surface area contributed by atoms with Gasteiger partial charge in [0.1, 0.15) is 18.2 Å². The summed E-state index contributed by atoms with van der Waals surface area (Å²) in [7, 11) is 0. The van der Waals surface area contributed by atoms with Crippen LogP contribution in [-0.4, -0.2) is 22.6 Å². The van der Waals surface area contributed by atoms with Crippen molar-refractivity contribution in [3.63, 3.8) is 0 Å². The monoisotopic (exact) mass is 408 g/mol. The molecule has 0 aliphatic heterocycles. The number of unbranched alkanes of at least 4 members (excludes halogenated alkanes) is 5. The maximum Gasteiger partial charge on any atom is 0.322 e. The Kier molecular flexibility index (Phi) is 7.77. The predicted molar refractivity (Wildman–Crippen MR) is 120 cm³/mol. The molecule has 1 aromatic heterocycles. The number of carboxylic acid groups (broad SMARTS) is 1. The molecule has 0 radical (unpaired) electrons. The highest BCUT2D eigenvalue weighted by molar-refractivity contribution is 5.96. The van der Waals surface area contributed by atoms with E-state index in [0.717, 1.165) is 34.9 Å². The van der Waals surface area contributed by atoms with E-state index in [1.807, 2.05) is 12.1 Å². The van der Waals surface area contributed by atoms with Gasteiger partial charge in [0.05, 0.1) is 5.52 Å². The molecular weight excluding hydrogens is 379 g/mol. The number of nitrogens with zero attached hydrogens (tertiary/aromatic N) is 1. The molecule has 0 aliphatic rings. The van der Waals surface area contributed by atoms with Crippen LogP contribution in [0.25, 0.3) is 22.0 Å². The van der Waals surface area contributed by atoms with Crippen molar-refractivity contribution < 1.29 is 14.3 Å². The molecule has 1 heterocycles. The van der Waals surface area contributed by atoms with Crippen molar-refractivity contribution in [2.75, 3.05) is 11.9 Å². The Hall–Kier alpha value is -2.95. The van der Waals surface area contributed by atoms with Crippen molar-refractivity contribution >= 4 is 22.7 Å². The molecule has 0 saturated heterocycles. The summed E-state index contributed by atoms with van der Waals surface area (Å²) in [5.74, 6) is -0.743. The van der Waals surface area contributed by atoms with E-state index in [9.17, 15) is 9.18 Å². The topological polar surface area (TPSA) is 62.2 Å². The van der Waals surface area contributed by atoms with Gasteiger partial charge in [-0.2, -0.15) is 0 Å². The Morgan fingerprint density at radius 3 is 2.47 bits per heavy atom. The van der Waals surface area contributed by atoms with E-state index in [1.165, 1.54) is 49.8 Å². The zero-order valence-corrected chi connectivity index (χ0v) is 17.5. The molecule has 0 fully saturated rings. The minimum atomic E-state index is -0.950. The van der Waals surface area contributed by atoms with Crippen LogP contribution >= 0.6 is 0 Å². The summed E-state index contributed by atoms with van der Waals surface area (Å²) in [4.78, 5) is 15.5. The second-order valence-electron chi connectivity index (χ2n) is 7.68. The lowest BCUT2D eigenvalue weighted by Gasteiger charge is -2.12. The number of benzene rings is 2. The van der Waals surface area contributed by atoms with Gasteiger partial charge in [0.25, 0.3) is 0 Å². The Morgan fingerprint density at radius 1 is 1.00 bits per heavy atom. The SMILES string of the molecule is CCCCCCCCc1ccc2nc(NCC(=O)O)cc(-c3ccc(F)cc3)c2c1. The van der Waals surface area contributed by atoms with Gasteiger partial charge in [-0.1, -0.05) is 57.2 Å².